The second kappa shape index (κ2) is 2.66. The molecule has 1 fully saturated rings. The van der Waals surface area contributed by atoms with Crippen LogP contribution in [0, 0.1) is 5.41 Å². The summed E-state index contributed by atoms with van der Waals surface area (Å²) < 4.78 is 0. The van der Waals surface area contributed by atoms with Gasteiger partial charge >= 0.3 is 0 Å². The summed E-state index contributed by atoms with van der Waals surface area (Å²) >= 11 is 0. The normalized spacial score (nSPS) is 23.0. The van der Waals surface area contributed by atoms with Crippen molar-refractivity contribution >= 4 is 5.78 Å². The van der Waals surface area contributed by atoms with Crippen LogP contribution >= 0.6 is 0 Å². The zero-order valence-electron chi connectivity index (χ0n) is 8.12. The number of rotatable bonds is 0. The smallest absolute Gasteiger partial charge is 0.165 e. The summed E-state index contributed by atoms with van der Waals surface area (Å²) in [6, 6.07) is 3.77. The van der Waals surface area contributed by atoms with Crippen molar-refractivity contribution in [2.45, 2.75) is 32.1 Å². The second-order valence-corrected chi connectivity index (χ2v) is 4.63. The first-order chi connectivity index (χ1) is 6.79. The summed E-state index contributed by atoms with van der Waals surface area (Å²) in [6.07, 6.45) is 7.30. The number of pyridine rings is 1. The molecule has 2 aliphatic rings. The Hall–Kier alpha value is -1.18. The molecule has 0 bridgehead atoms. The average Bonchev–Trinajstić information content (AvgIpc) is 2.15. The highest BCUT2D eigenvalue weighted by molar-refractivity contribution is 5.98. The van der Waals surface area contributed by atoms with Gasteiger partial charge in [-0.15, -0.1) is 0 Å². The Bertz CT molecular complexity index is 393. The van der Waals surface area contributed by atoms with Gasteiger partial charge in [0, 0.05) is 18.2 Å². The van der Waals surface area contributed by atoms with Crippen LogP contribution in [0.15, 0.2) is 18.3 Å². The van der Waals surface area contributed by atoms with E-state index in [1.165, 1.54) is 19.3 Å². The molecule has 0 N–H and O–H groups in total. The first-order valence-corrected chi connectivity index (χ1v) is 5.26. The van der Waals surface area contributed by atoms with Crippen molar-refractivity contribution in [3.05, 3.63) is 29.6 Å². The predicted octanol–water partition coefficient (Wildman–Crippen LogP) is 2.38. The second-order valence-electron chi connectivity index (χ2n) is 4.63. The summed E-state index contributed by atoms with van der Waals surface area (Å²) in [5.74, 6) is 0.305. The zero-order valence-corrected chi connectivity index (χ0v) is 8.12. The molecule has 0 saturated heterocycles. The van der Waals surface area contributed by atoms with E-state index in [2.05, 4.69) is 4.98 Å². The van der Waals surface area contributed by atoms with Crippen LogP contribution < -0.4 is 0 Å². The number of hydrogen-bond donors (Lipinski definition) is 0. The van der Waals surface area contributed by atoms with Gasteiger partial charge in [-0.05, 0) is 36.8 Å². The maximum atomic E-state index is 11.9. The van der Waals surface area contributed by atoms with E-state index in [0.29, 0.717) is 11.2 Å². The van der Waals surface area contributed by atoms with Crippen molar-refractivity contribution in [1.82, 2.24) is 4.98 Å². The van der Waals surface area contributed by atoms with Crippen molar-refractivity contribution in [1.29, 1.82) is 0 Å². The molecule has 1 aromatic rings. The highest BCUT2D eigenvalue weighted by Gasteiger charge is 2.43. The predicted molar refractivity (Wildman–Crippen MR) is 53.2 cm³/mol. The summed E-state index contributed by atoms with van der Waals surface area (Å²) in [6.45, 7) is 0. The summed E-state index contributed by atoms with van der Waals surface area (Å²) in [5, 5.41) is 0. The van der Waals surface area contributed by atoms with E-state index in [1.807, 2.05) is 12.1 Å². The number of aromatic nitrogens is 1. The van der Waals surface area contributed by atoms with Crippen LogP contribution in [0.3, 0.4) is 0 Å². The van der Waals surface area contributed by atoms with Crippen molar-refractivity contribution in [3.63, 3.8) is 0 Å². The molecule has 2 nitrogen and oxygen atoms in total. The van der Waals surface area contributed by atoms with Crippen LogP contribution in [0.25, 0.3) is 0 Å². The summed E-state index contributed by atoms with van der Waals surface area (Å²) in [7, 11) is 0. The number of carbonyl (C=O) groups excluding carboxylic acids is 1. The molecule has 3 rings (SSSR count). The minimum Gasteiger partial charge on any atom is -0.294 e. The highest BCUT2D eigenvalue weighted by Crippen LogP contribution is 2.49. The lowest BCUT2D eigenvalue weighted by Crippen LogP contribution is -2.38. The lowest BCUT2D eigenvalue weighted by Gasteiger charge is -2.44. The third kappa shape index (κ3) is 1.03. The lowest BCUT2D eigenvalue weighted by molar-refractivity contribution is 0.0705. The largest absolute Gasteiger partial charge is 0.294 e. The number of hydrogen-bond acceptors (Lipinski definition) is 2. The molecule has 2 aliphatic carbocycles. The third-order valence-corrected chi connectivity index (χ3v) is 3.68. The SMILES string of the molecule is O=C1CC2(CCC2)Cc2ncccc21. The first-order valence-electron chi connectivity index (χ1n) is 5.26. The van der Waals surface area contributed by atoms with Crippen molar-refractivity contribution in [2.24, 2.45) is 5.41 Å². The van der Waals surface area contributed by atoms with Gasteiger partial charge in [-0.3, -0.25) is 9.78 Å². The van der Waals surface area contributed by atoms with Gasteiger partial charge in [-0.2, -0.15) is 0 Å². The molecular weight excluding hydrogens is 174 g/mol. The number of Topliss-reactive ketones (excluding diaryl/α,β-unsaturated/α-hetero) is 1. The fourth-order valence-corrected chi connectivity index (χ4v) is 2.72. The Balaban J connectivity index is 2.04. The van der Waals surface area contributed by atoms with E-state index < -0.39 is 0 Å². The topological polar surface area (TPSA) is 30.0 Å². The fraction of sp³-hybridized carbons (Fsp3) is 0.500. The van der Waals surface area contributed by atoms with Crippen molar-refractivity contribution in [2.75, 3.05) is 0 Å². The van der Waals surface area contributed by atoms with E-state index in [1.54, 1.807) is 6.20 Å². The molecule has 1 heterocycles. The van der Waals surface area contributed by atoms with E-state index in [0.717, 1.165) is 24.1 Å². The monoisotopic (exact) mass is 187 g/mol. The van der Waals surface area contributed by atoms with Crippen LogP contribution in [0.2, 0.25) is 0 Å². The minimum absolute atomic E-state index is 0.304. The van der Waals surface area contributed by atoms with Gasteiger partial charge in [0.15, 0.2) is 5.78 Å². The van der Waals surface area contributed by atoms with Gasteiger partial charge in [0.25, 0.3) is 0 Å². The van der Waals surface area contributed by atoms with Gasteiger partial charge < -0.3 is 0 Å². The van der Waals surface area contributed by atoms with Gasteiger partial charge in [0.05, 0.1) is 5.69 Å². The molecule has 0 aromatic carbocycles. The van der Waals surface area contributed by atoms with Gasteiger partial charge in [-0.1, -0.05) is 6.42 Å². The molecule has 1 spiro atoms. The molecule has 0 amide bonds. The van der Waals surface area contributed by atoms with Gasteiger partial charge in [0.2, 0.25) is 0 Å². The molecule has 72 valence electrons. The molecule has 2 heteroatoms. The fourth-order valence-electron chi connectivity index (χ4n) is 2.72. The Kier molecular flexibility index (Phi) is 1.55. The van der Waals surface area contributed by atoms with Crippen LogP contribution in [0.5, 0.6) is 0 Å². The Morgan fingerprint density at radius 2 is 2.14 bits per heavy atom. The number of fused-ring (bicyclic) bond motifs is 1. The first kappa shape index (κ1) is 8.16. The lowest BCUT2D eigenvalue weighted by atomic mass is 9.60. The Labute approximate surface area is 83.4 Å². The van der Waals surface area contributed by atoms with Crippen LogP contribution in [0.4, 0.5) is 0 Å². The molecule has 0 atom stereocenters. The molecule has 0 radical (unpaired) electrons. The average molecular weight is 187 g/mol. The van der Waals surface area contributed by atoms with E-state index >= 15 is 0 Å². The quantitative estimate of drug-likeness (QED) is 0.624. The van der Waals surface area contributed by atoms with Gasteiger partial charge in [0.1, 0.15) is 0 Å². The van der Waals surface area contributed by atoms with Crippen LogP contribution in [0.1, 0.15) is 41.7 Å². The maximum absolute atomic E-state index is 11.9. The zero-order chi connectivity index (χ0) is 9.60. The minimum atomic E-state index is 0.304. The van der Waals surface area contributed by atoms with Crippen molar-refractivity contribution < 1.29 is 4.79 Å². The molecule has 0 aliphatic heterocycles. The van der Waals surface area contributed by atoms with E-state index in [9.17, 15) is 4.79 Å². The molecule has 1 aromatic heterocycles. The Morgan fingerprint density at radius 1 is 1.29 bits per heavy atom. The number of ketones is 1. The molecule has 0 unspecified atom stereocenters. The molecule has 14 heavy (non-hydrogen) atoms. The van der Waals surface area contributed by atoms with Crippen LogP contribution in [-0.2, 0) is 6.42 Å². The van der Waals surface area contributed by atoms with Crippen molar-refractivity contribution in [3.8, 4) is 0 Å². The highest BCUT2D eigenvalue weighted by atomic mass is 16.1. The van der Waals surface area contributed by atoms with E-state index in [4.69, 9.17) is 0 Å². The maximum Gasteiger partial charge on any atom is 0.165 e. The van der Waals surface area contributed by atoms with Crippen LogP contribution in [-0.4, -0.2) is 10.8 Å². The molecule has 1 saturated carbocycles. The number of carbonyl (C=O) groups is 1. The third-order valence-electron chi connectivity index (χ3n) is 3.68. The van der Waals surface area contributed by atoms with Gasteiger partial charge in [-0.25, -0.2) is 0 Å². The Morgan fingerprint density at radius 3 is 2.86 bits per heavy atom. The number of nitrogens with zero attached hydrogens (tertiary/aromatic N) is 1. The van der Waals surface area contributed by atoms with E-state index in [-0.39, 0.29) is 0 Å². The standard InChI is InChI=1S/C12H13NO/c14-11-8-12(4-2-5-12)7-10-9(11)3-1-6-13-10/h1,3,6H,2,4-5,7-8H2. The molecular formula is C12H13NO. The summed E-state index contributed by atoms with van der Waals surface area (Å²) in [5.41, 5.74) is 2.20. The summed E-state index contributed by atoms with van der Waals surface area (Å²) in [4.78, 5) is 16.2.